The first-order chi connectivity index (χ1) is 8.68. The SMILES string of the molecule is Cc1ccsc1C(N)c1csc2c(Br)cccc12. The molecule has 1 nitrogen and oxygen atoms in total. The van der Waals surface area contributed by atoms with E-state index in [1.807, 2.05) is 0 Å². The van der Waals surface area contributed by atoms with Crippen molar-refractivity contribution in [1.29, 1.82) is 0 Å². The van der Waals surface area contributed by atoms with Crippen LogP contribution in [0, 0.1) is 6.92 Å². The molecule has 3 rings (SSSR count). The Kier molecular flexibility index (Phi) is 3.28. The minimum atomic E-state index is -0.0203. The average Bonchev–Trinajstić information content (AvgIpc) is 2.95. The number of hydrogen-bond acceptors (Lipinski definition) is 3. The van der Waals surface area contributed by atoms with Gasteiger partial charge in [0, 0.05) is 14.0 Å². The van der Waals surface area contributed by atoms with Gasteiger partial charge in [0.15, 0.2) is 0 Å². The Morgan fingerprint density at radius 1 is 1.22 bits per heavy atom. The number of nitrogens with two attached hydrogens (primary N) is 1. The van der Waals surface area contributed by atoms with E-state index >= 15 is 0 Å². The van der Waals surface area contributed by atoms with Crippen LogP contribution in [0.4, 0.5) is 0 Å². The molecule has 1 atom stereocenters. The molecule has 0 aliphatic carbocycles. The molecule has 0 fully saturated rings. The molecular weight excluding hydrogens is 326 g/mol. The lowest BCUT2D eigenvalue weighted by Crippen LogP contribution is -2.10. The lowest BCUT2D eigenvalue weighted by molar-refractivity contribution is 0.899. The van der Waals surface area contributed by atoms with E-state index in [-0.39, 0.29) is 6.04 Å². The van der Waals surface area contributed by atoms with Gasteiger partial charge in [-0.15, -0.1) is 22.7 Å². The first-order valence-corrected chi connectivity index (χ1v) is 8.19. The van der Waals surface area contributed by atoms with E-state index in [0.29, 0.717) is 0 Å². The molecule has 2 heterocycles. The van der Waals surface area contributed by atoms with Crippen LogP contribution in [0.3, 0.4) is 0 Å². The Bertz CT molecular complexity index is 699. The second-order valence-corrected chi connectivity index (χ2v) is 6.93. The molecule has 0 amide bonds. The molecule has 0 aliphatic rings. The van der Waals surface area contributed by atoms with Crippen LogP contribution in [0.25, 0.3) is 10.1 Å². The summed E-state index contributed by atoms with van der Waals surface area (Å²) in [7, 11) is 0. The van der Waals surface area contributed by atoms with Gasteiger partial charge in [-0.3, -0.25) is 0 Å². The Labute approximate surface area is 122 Å². The van der Waals surface area contributed by atoms with Gasteiger partial charge in [0.2, 0.25) is 0 Å². The Hall–Kier alpha value is -0.680. The highest BCUT2D eigenvalue weighted by Crippen LogP contribution is 2.38. The molecule has 0 spiro atoms. The Morgan fingerprint density at radius 3 is 2.78 bits per heavy atom. The molecule has 0 saturated heterocycles. The number of rotatable bonds is 2. The van der Waals surface area contributed by atoms with Crippen LogP contribution >= 0.6 is 38.6 Å². The largest absolute Gasteiger partial charge is 0.320 e. The van der Waals surface area contributed by atoms with Crippen LogP contribution in [0.2, 0.25) is 0 Å². The lowest BCUT2D eigenvalue weighted by Gasteiger charge is -2.10. The molecule has 3 aromatic rings. The summed E-state index contributed by atoms with van der Waals surface area (Å²) in [5.74, 6) is 0. The third-order valence-corrected chi connectivity index (χ3v) is 6.17. The minimum Gasteiger partial charge on any atom is -0.320 e. The monoisotopic (exact) mass is 337 g/mol. The number of hydrogen-bond donors (Lipinski definition) is 1. The zero-order chi connectivity index (χ0) is 12.7. The quantitative estimate of drug-likeness (QED) is 0.693. The minimum absolute atomic E-state index is 0.0203. The van der Waals surface area contributed by atoms with Crippen molar-refractivity contribution in [3.05, 3.63) is 55.5 Å². The number of benzene rings is 1. The van der Waals surface area contributed by atoms with E-state index in [1.165, 1.54) is 26.1 Å². The molecule has 2 N–H and O–H groups in total. The van der Waals surface area contributed by atoms with Crippen LogP contribution in [-0.2, 0) is 0 Å². The predicted molar refractivity (Wildman–Crippen MR) is 84.6 cm³/mol. The van der Waals surface area contributed by atoms with Gasteiger partial charge < -0.3 is 5.73 Å². The van der Waals surface area contributed by atoms with Crippen LogP contribution in [0.1, 0.15) is 22.0 Å². The third-order valence-electron chi connectivity index (χ3n) is 3.10. The lowest BCUT2D eigenvalue weighted by atomic mass is 10.0. The van der Waals surface area contributed by atoms with Gasteiger partial charge in [-0.2, -0.15) is 0 Å². The van der Waals surface area contributed by atoms with Gasteiger partial charge in [0.25, 0.3) is 0 Å². The van der Waals surface area contributed by atoms with E-state index in [2.05, 4.69) is 57.9 Å². The van der Waals surface area contributed by atoms with Crippen molar-refractivity contribution in [2.45, 2.75) is 13.0 Å². The molecule has 18 heavy (non-hydrogen) atoms. The Balaban J connectivity index is 2.16. The van der Waals surface area contributed by atoms with Gasteiger partial charge >= 0.3 is 0 Å². The van der Waals surface area contributed by atoms with Crippen LogP contribution in [-0.4, -0.2) is 0 Å². The van der Waals surface area contributed by atoms with Gasteiger partial charge in [0.1, 0.15) is 0 Å². The Morgan fingerprint density at radius 2 is 2.06 bits per heavy atom. The topological polar surface area (TPSA) is 26.0 Å². The molecule has 92 valence electrons. The molecule has 1 unspecified atom stereocenters. The van der Waals surface area contributed by atoms with Gasteiger partial charge in [-0.1, -0.05) is 12.1 Å². The standard InChI is InChI=1S/C14H12BrNS2/c1-8-5-6-17-13(8)12(16)10-7-18-14-9(10)3-2-4-11(14)15/h2-7,12H,16H2,1H3. The number of fused-ring (bicyclic) bond motifs is 1. The molecule has 0 saturated carbocycles. The maximum absolute atomic E-state index is 6.42. The molecule has 0 aliphatic heterocycles. The summed E-state index contributed by atoms with van der Waals surface area (Å²) in [6.45, 7) is 2.12. The van der Waals surface area contributed by atoms with Crippen molar-refractivity contribution in [1.82, 2.24) is 0 Å². The molecule has 1 aromatic carbocycles. The average molecular weight is 338 g/mol. The number of aryl methyl sites for hydroxylation is 1. The van der Waals surface area contributed by atoms with E-state index < -0.39 is 0 Å². The number of halogens is 1. The maximum Gasteiger partial charge on any atom is 0.0662 e. The fourth-order valence-electron chi connectivity index (χ4n) is 2.13. The van der Waals surface area contributed by atoms with Crippen molar-refractivity contribution in [3.8, 4) is 0 Å². The van der Waals surface area contributed by atoms with Crippen molar-refractivity contribution >= 4 is 48.7 Å². The summed E-state index contributed by atoms with van der Waals surface area (Å²) in [6, 6.07) is 8.40. The zero-order valence-electron chi connectivity index (χ0n) is 9.81. The molecular formula is C14H12BrNS2. The third kappa shape index (κ3) is 1.93. The highest BCUT2D eigenvalue weighted by atomic mass is 79.9. The normalized spacial score (nSPS) is 13.1. The number of thiophene rings is 2. The van der Waals surface area contributed by atoms with E-state index in [0.717, 1.165) is 4.47 Å². The summed E-state index contributed by atoms with van der Waals surface area (Å²) in [5.41, 5.74) is 8.93. The summed E-state index contributed by atoms with van der Waals surface area (Å²) >= 11 is 7.08. The van der Waals surface area contributed by atoms with Gasteiger partial charge in [0.05, 0.1) is 6.04 Å². The maximum atomic E-state index is 6.42. The summed E-state index contributed by atoms with van der Waals surface area (Å²) in [4.78, 5) is 1.26. The van der Waals surface area contributed by atoms with Crippen LogP contribution in [0.15, 0.2) is 39.5 Å². The van der Waals surface area contributed by atoms with Crippen molar-refractivity contribution in [2.75, 3.05) is 0 Å². The molecule has 4 heteroatoms. The zero-order valence-corrected chi connectivity index (χ0v) is 13.0. The smallest absolute Gasteiger partial charge is 0.0662 e. The molecule has 2 aromatic heterocycles. The van der Waals surface area contributed by atoms with E-state index in [9.17, 15) is 0 Å². The van der Waals surface area contributed by atoms with Crippen molar-refractivity contribution in [3.63, 3.8) is 0 Å². The summed E-state index contributed by atoms with van der Waals surface area (Å²) in [5, 5.41) is 5.54. The predicted octanol–water partition coefficient (Wildman–Crippen LogP) is 5.08. The summed E-state index contributed by atoms with van der Waals surface area (Å²) in [6.07, 6.45) is 0. The van der Waals surface area contributed by atoms with E-state index in [1.54, 1.807) is 22.7 Å². The van der Waals surface area contributed by atoms with E-state index in [4.69, 9.17) is 5.73 Å². The molecule has 0 bridgehead atoms. The highest BCUT2D eigenvalue weighted by molar-refractivity contribution is 9.10. The van der Waals surface area contributed by atoms with Crippen molar-refractivity contribution in [2.24, 2.45) is 5.73 Å². The highest BCUT2D eigenvalue weighted by Gasteiger charge is 2.17. The second-order valence-electron chi connectivity index (χ2n) is 4.25. The second kappa shape index (κ2) is 4.78. The van der Waals surface area contributed by atoms with Crippen LogP contribution < -0.4 is 5.73 Å². The fraction of sp³-hybridized carbons (Fsp3) is 0.143. The van der Waals surface area contributed by atoms with Gasteiger partial charge in [-0.05, 0) is 62.3 Å². The fourth-order valence-corrected chi connectivity index (χ4v) is 4.73. The van der Waals surface area contributed by atoms with Crippen LogP contribution in [0.5, 0.6) is 0 Å². The summed E-state index contributed by atoms with van der Waals surface area (Å²) < 4.78 is 2.42. The van der Waals surface area contributed by atoms with Crippen molar-refractivity contribution < 1.29 is 0 Å². The molecule has 0 radical (unpaired) electrons. The first kappa shape index (κ1) is 12.4. The van der Waals surface area contributed by atoms with Gasteiger partial charge in [-0.25, -0.2) is 0 Å². The first-order valence-electron chi connectivity index (χ1n) is 5.63.